The lowest BCUT2D eigenvalue weighted by atomic mass is 9.98. The van der Waals surface area contributed by atoms with E-state index in [1.54, 1.807) is 4.68 Å². The monoisotopic (exact) mass is 389 g/mol. The zero-order chi connectivity index (χ0) is 19.3. The van der Waals surface area contributed by atoms with Gasteiger partial charge in [-0.3, -0.25) is 14.5 Å². The molecule has 28 heavy (non-hydrogen) atoms. The number of aromatic nitrogens is 5. The third-order valence-corrected chi connectivity index (χ3v) is 6.12. The van der Waals surface area contributed by atoms with Crippen LogP contribution in [-0.4, -0.2) is 24.3 Å². The average molecular weight is 389 g/mol. The quantitative estimate of drug-likeness (QED) is 0.524. The first-order chi connectivity index (χ1) is 13.6. The van der Waals surface area contributed by atoms with Gasteiger partial charge in [-0.1, -0.05) is 0 Å². The summed E-state index contributed by atoms with van der Waals surface area (Å²) < 4.78 is 3.68. The molecule has 0 N–H and O–H groups in total. The number of nitrogens with zero attached hydrogens (tertiary/aromatic N) is 5. The summed E-state index contributed by atoms with van der Waals surface area (Å²) in [5.41, 5.74) is 6.48. The van der Waals surface area contributed by atoms with Crippen molar-refractivity contribution >= 4 is 11.3 Å². The normalized spacial score (nSPS) is 13.1. The maximum Gasteiger partial charge on any atom is 0.261 e. The predicted octanol–water partition coefficient (Wildman–Crippen LogP) is 3.69. The maximum atomic E-state index is 13.5. The summed E-state index contributed by atoms with van der Waals surface area (Å²) in [4.78, 5) is 22.4. The fourth-order valence-electron chi connectivity index (χ4n) is 3.84. The molecule has 0 radical (unpaired) electrons. The molecule has 0 atom stereocenters. The molecule has 1 aliphatic rings. The molecule has 0 spiro atoms. The Labute approximate surface area is 166 Å². The first-order valence-corrected chi connectivity index (χ1v) is 10.1. The zero-order valence-corrected chi connectivity index (χ0v) is 16.5. The summed E-state index contributed by atoms with van der Waals surface area (Å²) in [7, 11) is 1.90. The van der Waals surface area contributed by atoms with E-state index >= 15 is 0 Å². The smallest absolute Gasteiger partial charge is 0.261 e. The van der Waals surface area contributed by atoms with Gasteiger partial charge in [-0.25, -0.2) is 4.98 Å². The molecule has 0 bridgehead atoms. The molecular formula is C21H19N5OS. The fraction of sp³-hybridized carbons (Fsp3) is 0.238. The summed E-state index contributed by atoms with van der Waals surface area (Å²) in [5, 5.41) is 7.36. The number of hydrogen-bond donors (Lipinski definition) is 0. The molecule has 4 aromatic rings. The third-order valence-electron chi connectivity index (χ3n) is 5.12. The van der Waals surface area contributed by atoms with Crippen molar-refractivity contribution in [3.8, 4) is 33.1 Å². The van der Waals surface area contributed by atoms with E-state index in [4.69, 9.17) is 0 Å². The van der Waals surface area contributed by atoms with Crippen molar-refractivity contribution in [3.05, 3.63) is 63.8 Å². The van der Waals surface area contributed by atoms with Crippen LogP contribution in [0.2, 0.25) is 0 Å². The first kappa shape index (κ1) is 17.1. The van der Waals surface area contributed by atoms with Crippen LogP contribution in [0, 0.1) is 6.92 Å². The van der Waals surface area contributed by atoms with Crippen molar-refractivity contribution in [2.75, 3.05) is 0 Å². The average Bonchev–Trinajstić information content (AvgIpc) is 3.26. The highest BCUT2D eigenvalue weighted by molar-refractivity contribution is 7.13. The van der Waals surface area contributed by atoms with Crippen molar-refractivity contribution in [2.45, 2.75) is 26.3 Å². The molecule has 5 rings (SSSR count). The molecule has 0 aromatic carbocycles. The van der Waals surface area contributed by atoms with Gasteiger partial charge in [0.05, 0.1) is 17.0 Å². The van der Waals surface area contributed by atoms with Crippen molar-refractivity contribution in [1.29, 1.82) is 0 Å². The second-order valence-corrected chi connectivity index (χ2v) is 7.94. The zero-order valence-electron chi connectivity index (χ0n) is 15.7. The molecule has 0 amide bonds. The van der Waals surface area contributed by atoms with Crippen LogP contribution in [0.4, 0.5) is 0 Å². The molecular weight excluding hydrogens is 370 g/mol. The number of pyridine rings is 2. The summed E-state index contributed by atoms with van der Waals surface area (Å²) in [6.07, 6.45) is 7.44. The lowest BCUT2D eigenvalue weighted by Gasteiger charge is -2.17. The molecule has 140 valence electrons. The molecule has 4 aromatic heterocycles. The van der Waals surface area contributed by atoms with Gasteiger partial charge >= 0.3 is 0 Å². The fourth-order valence-corrected chi connectivity index (χ4v) is 4.64. The van der Waals surface area contributed by atoms with Crippen molar-refractivity contribution in [2.24, 2.45) is 7.05 Å². The van der Waals surface area contributed by atoms with E-state index in [0.717, 1.165) is 46.1 Å². The van der Waals surface area contributed by atoms with E-state index in [1.807, 2.05) is 54.6 Å². The standard InChI is InChI=1S/C21H19N5OS/c1-13-12-28-20(23-13)16-10-15(18-6-9-25(2)24-18)19-17-11-22-7-5-14(17)4-3-8-26(19)21(16)27/h5-7,9-12H,3-4,8H2,1-2H3. The SMILES string of the molecule is Cc1csc(-c2cc(-c3ccn(C)n3)c3n(c2=O)CCCc2ccncc2-3)n1. The molecule has 0 saturated carbocycles. The second-order valence-electron chi connectivity index (χ2n) is 7.08. The van der Waals surface area contributed by atoms with Gasteiger partial charge in [0.15, 0.2) is 0 Å². The number of thiazole rings is 1. The Bertz CT molecular complexity index is 1250. The maximum absolute atomic E-state index is 13.5. The molecule has 0 saturated heterocycles. The molecule has 0 fully saturated rings. The number of aryl methyl sites for hydroxylation is 3. The Morgan fingerprint density at radius 2 is 2.07 bits per heavy atom. The minimum atomic E-state index is 0.000680. The minimum absolute atomic E-state index is 0.000680. The molecule has 0 aliphatic carbocycles. The molecule has 7 heteroatoms. The van der Waals surface area contributed by atoms with Crippen molar-refractivity contribution in [3.63, 3.8) is 0 Å². The summed E-state index contributed by atoms with van der Waals surface area (Å²) in [5.74, 6) is 0. The van der Waals surface area contributed by atoms with E-state index in [1.165, 1.54) is 16.9 Å². The van der Waals surface area contributed by atoms with Crippen LogP contribution in [0.25, 0.3) is 33.1 Å². The molecule has 1 aliphatic heterocycles. The Hall–Kier alpha value is -3.06. The number of rotatable bonds is 2. The highest BCUT2D eigenvalue weighted by Gasteiger charge is 2.24. The van der Waals surface area contributed by atoms with Crippen molar-refractivity contribution in [1.82, 2.24) is 24.3 Å². The highest BCUT2D eigenvalue weighted by atomic mass is 32.1. The van der Waals surface area contributed by atoms with Crippen LogP contribution in [0.1, 0.15) is 17.7 Å². The Kier molecular flexibility index (Phi) is 3.98. The Balaban J connectivity index is 1.88. The van der Waals surface area contributed by atoms with Crippen LogP contribution >= 0.6 is 11.3 Å². The first-order valence-electron chi connectivity index (χ1n) is 9.25. The lowest BCUT2D eigenvalue weighted by molar-refractivity contribution is 0.642. The Morgan fingerprint density at radius 3 is 2.82 bits per heavy atom. The summed E-state index contributed by atoms with van der Waals surface area (Å²) in [6, 6.07) is 5.99. The van der Waals surface area contributed by atoms with Crippen LogP contribution < -0.4 is 5.56 Å². The van der Waals surface area contributed by atoms with Crippen LogP contribution in [-0.2, 0) is 20.0 Å². The van der Waals surface area contributed by atoms with Crippen LogP contribution in [0.15, 0.2) is 47.0 Å². The van der Waals surface area contributed by atoms with E-state index in [0.29, 0.717) is 12.1 Å². The third kappa shape index (κ3) is 2.70. The van der Waals surface area contributed by atoms with E-state index in [-0.39, 0.29) is 5.56 Å². The van der Waals surface area contributed by atoms with Crippen LogP contribution in [0.3, 0.4) is 0 Å². The van der Waals surface area contributed by atoms with Gasteiger partial charge < -0.3 is 4.57 Å². The van der Waals surface area contributed by atoms with Gasteiger partial charge in [-0.15, -0.1) is 11.3 Å². The van der Waals surface area contributed by atoms with Gasteiger partial charge in [0.25, 0.3) is 5.56 Å². The lowest BCUT2D eigenvalue weighted by Crippen LogP contribution is -2.24. The van der Waals surface area contributed by atoms with Gasteiger partial charge in [-0.2, -0.15) is 5.10 Å². The summed E-state index contributed by atoms with van der Waals surface area (Å²) >= 11 is 1.50. The van der Waals surface area contributed by atoms with Gasteiger partial charge in [-0.05, 0) is 43.5 Å². The number of fused-ring (bicyclic) bond motifs is 3. The molecule has 0 unspecified atom stereocenters. The van der Waals surface area contributed by atoms with E-state index in [2.05, 4.69) is 21.1 Å². The van der Waals surface area contributed by atoms with Gasteiger partial charge in [0.2, 0.25) is 0 Å². The molecule has 6 nitrogen and oxygen atoms in total. The molecule has 5 heterocycles. The predicted molar refractivity (Wildman–Crippen MR) is 110 cm³/mol. The topological polar surface area (TPSA) is 65.6 Å². The summed E-state index contributed by atoms with van der Waals surface area (Å²) in [6.45, 7) is 2.61. The second kappa shape index (κ2) is 6.53. The van der Waals surface area contributed by atoms with Gasteiger partial charge in [0, 0.05) is 54.4 Å². The minimum Gasteiger partial charge on any atom is -0.307 e. The van der Waals surface area contributed by atoms with E-state index in [9.17, 15) is 4.79 Å². The van der Waals surface area contributed by atoms with Crippen LogP contribution in [0.5, 0.6) is 0 Å². The van der Waals surface area contributed by atoms with Gasteiger partial charge in [0.1, 0.15) is 5.01 Å². The number of hydrogen-bond acceptors (Lipinski definition) is 5. The van der Waals surface area contributed by atoms with Crippen molar-refractivity contribution < 1.29 is 0 Å². The largest absolute Gasteiger partial charge is 0.307 e. The Morgan fingerprint density at radius 1 is 1.18 bits per heavy atom. The van der Waals surface area contributed by atoms with E-state index < -0.39 is 0 Å². The highest BCUT2D eigenvalue weighted by Crippen LogP contribution is 2.37.